The fourth-order valence-corrected chi connectivity index (χ4v) is 1.42. The highest BCUT2D eigenvalue weighted by Gasteiger charge is 2.12. The normalized spacial score (nSPS) is 10.0. The van der Waals surface area contributed by atoms with Crippen LogP contribution < -0.4 is 5.73 Å². The summed E-state index contributed by atoms with van der Waals surface area (Å²) in [6.45, 7) is 0. The number of benzene rings is 1. The maximum Gasteiger partial charge on any atom is 0.175 e. The Morgan fingerprint density at radius 2 is 2.23 bits per heavy atom. The predicted octanol–water partition coefficient (Wildman–Crippen LogP) is 2.21. The van der Waals surface area contributed by atoms with Crippen LogP contribution in [0.1, 0.15) is 10.4 Å². The molecule has 0 saturated carbocycles. The van der Waals surface area contributed by atoms with Gasteiger partial charge in [0.1, 0.15) is 5.75 Å². The second-order valence-electron chi connectivity index (χ2n) is 2.45. The van der Waals surface area contributed by atoms with Gasteiger partial charge in [-0.1, -0.05) is 27.5 Å². The summed E-state index contributed by atoms with van der Waals surface area (Å²) < 4.78 is 0. The fourth-order valence-electron chi connectivity index (χ4n) is 0.906. The highest BCUT2D eigenvalue weighted by molar-refractivity contribution is 9.09. The van der Waals surface area contributed by atoms with Gasteiger partial charge in [0, 0.05) is 11.6 Å². The number of hydrogen-bond acceptors (Lipinski definition) is 3. The lowest BCUT2D eigenvalue weighted by Gasteiger charge is -2.04. The molecule has 0 heterocycles. The number of hydrogen-bond donors (Lipinski definition) is 2. The lowest BCUT2D eigenvalue weighted by atomic mass is 10.1. The molecule has 0 unspecified atom stereocenters. The Morgan fingerprint density at radius 1 is 1.62 bits per heavy atom. The molecule has 1 aromatic rings. The zero-order chi connectivity index (χ0) is 10.0. The topological polar surface area (TPSA) is 63.3 Å². The Bertz CT molecular complexity index is 354. The highest BCUT2D eigenvalue weighted by Crippen LogP contribution is 2.28. The summed E-state index contributed by atoms with van der Waals surface area (Å²) in [7, 11) is 0. The zero-order valence-electron chi connectivity index (χ0n) is 6.55. The van der Waals surface area contributed by atoms with E-state index in [0.29, 0.717) is 0 Å². The van der Waals surface area contributed by atoms with Crippen molar-refractivity contribution in [2.75, 3.05) is 11.1 Å². The molecule has 0 saturated heterocycles. The van der Waals surface area contributed by atoms with E-state index in [0.717, 1.165) is 0 Å². The van der Waals surface area contributed by atoms with Crippen LogP contribution in [0.25, 0.3) is 0 Å². The monoisotopic (exact) mass is 263 g/mol. The summed E-state index contributed by atoms with van der Waals surface area (Å²) in [5.41, 5.74) is 5.89. The number of phenolic OH excluding ortho intramolecular Hbond substituents is 1. The van der Waals surface area contributed by atoms with Crippen LogP contribution in [0.2, 0.25) is 5.02 Å². The standard InChI is InChI=1S/C8H7BrClNO2/c9-3-7(13)5-1-4(12)2-6(11)8(5)10/h1-2,12H,3,11H2. The molecular weight excluding hydrogens is 257 g/mol. The van der Waals surface area contributed by atoms with E-state index in [1.807, 2.05) is 0 Å². The van der Waals surface area contributed by atoms with E-state index in [1.54, 1.807) is 0 Å². The minimum atomic E-state index is -0.215. The largest absolute Gasteiger partial charge is 0.508 e. The van der Waals surface area contributed by atoms with Crippen LogP contribution in [0.15, 0.2) is 12.1 Å². The van der Waals surface area contributed by atoms with E-state index in [9.17, 15) is 4.79 Å². The van der Waals surface area contributed by atoms with Crippen LogP contribution in [0.4, 0.5) is 5.69 Å². The maximum absolute atomic E-state index is 11.2. The summed E-state index contributed by atoms with van der Waals surface area (Å²) in [6, 6.07) is 2.59. The van der Waals surface area contributed by atoms with Gasteiger partial charge in [-0.05, 0) is 6.07 Å². The van der Waals surface area contributed by atoms with E-state index in [-0.39, 0.29) is 33.1 Å². The van der Waals surface area contributed by atoms with Crippen molar-refractivity contribution in [1.82, 2.24) is 0 Å². The number of rotatable bonds is 2. The second kappa shape index (κ2) is 3.98. The molecule has 0 aromatic heterocycles. The highest BCUT2D eigenvalue weighted by atomic mass is 79.9. The van der Waals surface area contributed by atoms with Crippen molar-refractivity contribution < 1.29 is 9.90 Å². The average molecular weight is 265 g/mol. The van der Waals surface area contributed by atoms with Crippen molar-refractivity contribution in [3.63, 3.8) is 0 Å². The number of carbonyl (C=O) groups excluding carboxylic acids is 1. The lowest BCUT2D eigenvalue weighted by Crippen LogP contribution is -2.02. The van der Waals surface area contributed by atoms with Crippen molar-refractivity contribution >= 4 is 39.0 Å². The Labute approximate surface area is 88.6 Å². The number of nitrogen functional groups attached to an aromatic ring is 1. The quantitative estimate of drug-likeness (QED) is 0.489. The molecule has 5 heteroatoms. The first kappa shape index (κ1) is 10.3. The first-order valence-electron chi connectivity index (χ1n) is 3.43. The number of aromatic hydroxyl groups is 1. The van der Waals surface area contributed by atoms with Gasteiger partial charge in [0.2, 0.25) is 0 Å². The van der Waals surface area contributed by atoms with E-state index >= 15 is 0 Å². The predicted molar refractivity (Wildman–Crippen MR) is 55.7 cm³/mol. The molecule has 1 aromatic carbocycles. The van der Waals surface area contributed by atoms with Crippen molar-refractivity contribution in [3.05, 3.63) is 22.7 Å². The Kier molecular flexibility index (Phi) is 3.17. The van der Waals surface area contributed by atoms with Gasteiger partial charge in [-0.25, -0.2) is 0 Å². The summed E-state index contributed by atoms with van der Waals surface area (Å²) in [6.07, 6.45) is 0. The Hall–Kier alpha value is -0.740. The van der Waals surface area contributed by atoms with Gasteiger partial charge >= 0.3 is 0 Å². The first-order valence-corrected chi connectivity index (χ1v) is 4.93. The molecule has 0 aliphatic heterocycles. The van der Waals surface area contributed by atoms with Crippen LogP contribution in [0.3, 0.4) is 0 Å². The van der Waals surface area contributed by atoms with Crippen LogP contribution in [0.5, 0.6) is 5.75 Å². The van der Waals surface area contributed by atoms with Gasteiger partial charge in [0.25, 0.3) is 0 Å². The lowest BCUT2D eigenvalue weighted by molar-refractivity contribution is 0.102. The number of anilines is 1. The van der Waals surface area contributed by atoms with Crippen molar-refractivity contribution in [2.45, 2.75) is 0 Å². The van der Waals surface area contributed by atoms with E-state index in [1.165, 1.54) is 12.1 Å². The van der Waals surface area contributed by atoms with Crippen LogP contribution in [-0.4, -0.2) is 16.2 Å². The molecule has 0 spiro atoms. The molecule has 3 N–H and O–H groups in total. The summed E-state index contributed by atoms with van der Waals surface area (Å²) in [5.74, 6) is -0.279. The third-order valence-electron chi connectivity index (χ3n) is 1.51. The number of nitrogens with two attached hydrogens (primary N) is 1. The zero-order valence-corrected chi connectivity index (χ0v) is 8.89. The molecule has 0 fully saturated rings. The summed E-state index contributed by atoms with van der Waals surface area (Å²) in [4.78, 5) is 11.2. The van der Waals surface area contributed by atoms with E-state index in [2.05, 4.69) is 15.9 Å². The molecule has 0 aliphatic rings. The molecule has 0 bridgehead atoms. The van der Waals surface area contributed by atoms with Crippen LogP contribution >= 0.6 is 27.5 Å². The molecular formula is C8H7BrClNO2. The Balaban J connectivity index is 3.28. The number of ketones is 1. The Morgan fingerprint density at radius 3 is 2.77 bits per heavy atom. The SMILES string of the molecule is Nc1cc(O)cc(C(=O)CBr)c1Cl. The van der Waals surface area contributed by atoms with Gasteiger partial charge in [0.15, 0.2) is 5.78 Å². The van der Waals surface area contributed by atoms with Gasteiger partial charge in [-0.2, -0.15) is 0 Å². The molecule has 0 aliphatic carbocycles. The third-order valence-corrected chi connectivity index (χ3v) is 2.44. The number of alkyl halides is 1. The third kappa shape index (κ3) is 2.14. The molecule has 13 heavy (non-hydrogen) atoms. The van der Waals surface area contributed by atoms with Gasteiger partial charge in [-0.15, -0.1) is 0 Å². The summed E-state index contributed by atoms with van der Waals surface area (Å²) >= 11 is 8.77. The van der Waals surface area contributed by atoms with Gasteiger partial charge < -0.3 is 10.8 Å². The van der Waals surface area contributed by atoms with E-state index in [4.69, 9.17) is 22.4 Å². The van der Waals surface area contributed by atoms with Gasteiger partial charge in [-0.3, -0.25) is 4.79 Å². The van der Waals surface area contributed by atoms with Crippen LogP contribution in [0, 0.1) is 0 Å². The average Bonchev–Trinajstić information content (AvgIpc) is 2.10. The van der Waals surface area contributed by atoms with Crippen molar-refractivity contribution in [1.29, 1.82) is 0 Å². The number of halogens is 2. The van der Waals surface area contributed by atoms with Crippen LogP contribution in [-0.2, 0) is 0 Å². The second-order valence-corrected chi connectivity index (χ2v) is 3.39. The van der Waals surface area contributed by atoms with E-state index < -0.39 is 0 Å². The fraction of sp³-hybridized carbons (Fsp3) is 0.125. The molecule has 3 nitrogen and oxygen atoms in total. The minimum absolute atomic E-state index is 0.0637. The van der Waals surface area contributed by atoms with Crippen molar-refractivity contribution in [2.24, 2.45) is 0 Å². The number of phenols is 1. The maximum atomic E-state index is 11.2. The smallest absolute Gasteiger partial charge is 0.175 e. The van der Waals surface area contributed by atoms with Gasteiger partial charge in [0.05, 0.1) is 16.0 Å². The molecule has 1 rings (SSSR count). The molecule has 0 radical (unpaired) electrons. The molecule has 70 valence electrons. The molecule has 0 amide bonds. The molecule has 0 atom stereocenters. The first-order chi connectivity index (χ1) is 6.06. The summed E-state index contributed by atoms with van der Waals surface area (Å²) in [5, 5.41) is 9.49. The van der Waals surface area contributed by atoms with Crippen molar-refractivity contribution in [3.8, 4) is 5.75 Å². The number of Topliss-reactive ketones (excluding diaryl/α,β-unsaturated/α-hetero) is 1. The number of carbonyl (C=O) groups is 1. The minimum Gasteiger partial charge on any atom is -0.508 e.